The number of fused-ring (bicyclic) bond motifs is 2. The number of hydrogen-bond acceptors (Lipinski definition) is 3. The summed E-state index contributed by atoms with van der Waals surface area (Å²) < 4.78 is 1.93. The molecule has 17 heavy (non-hydrogen) atoms. The van der Waals surface area contributed by atoms with E-state index in [9.17, 15) is 9.59 Å². The Bertz CT molecular complexity index is 597. The van der Waals surface area contributed by atoms with Crippen LogP contribution in [0.3, 0.4) is 0 Å². The summed E-state index contributed by atoms with van der Waals surface area (Å²) in [6.07, 6.45) is 0. The number of rotatable bonds is 0. The molecule has 3 heterocycles. The smallest absolute Gasteiger partial charge is 0.273 e. The molecular formula is C10H8BrClN2O2S. The normalized spacial score (nSPS) is 20.6. The summed E-state index contributed by atoms with van der Waals surface area (Å²) in [5.41, 5.74) is -0.397. The molecule has 0 unspecified atom stereocenters. The van der Waals surface area contributed by atoms with Crippen molar-refractivity contribution in [3.63, 3.8) is 0 Å². The lowest BCUT2D eigenvalue weighted by Crippen LogP contribution is -2.57. The van der Waals surface area contributed by atoms with Gasteiger partial charge in [0.15, 0.2) is 0 Å². The van der Waals surface area contributed by atoms with Crippen molar-refractivity contribution in [1.29, 1.82) is 0 Å². The number of pyridine rings is 1. The van der Waals surface area contributed by atoms with E-state index in [1.165, 1.54) is 10.6 Å². The standard InChI is InChI=1S/C10H8BrClN2O2S/c1-13-9(16)7-6(12)2-5(11)8(15)14(7)10(13)3-17-4-10/h2H,3-4H2,1H3. The Kier molecular flexibility index (Phi) is 2.41. The van der Waals surface area contributed by atoms with Crippen molar-refractivity contribution in [1.82, 2.24) is 9.47 Å². The zero-order chi connectivity index (χ0) is 12.4. The molecule has 0 atom stereocenters. The molecule has 0 aromatic carbocycles. The predicted octanol–water partition coefficient (Wildman–Crippen LogP) is 1.75. The van der Waals surface area contributed by atoms with Crippen LogP contribution in [0.1, 0.15) is 10.5 Å². The maximum absolute atomic E-state index is 12.2. The SMILES string of the molecule is CN1C(=O)c2c(Cl)cc(Br)c(=O)n2C12CSC2. The van der Waals surface area contributed by atoms with Crippen LogP contribution in [0.2, 0.25) is 5.02 Å². The van der Waals surface area contributed by atoms with Gasteiger partial charge in [-0.3, -0.25) is 14.2 Å². The van der Waals surface area contributed by atoms with E-state index in [-0.39, 0.29) is 11.5 Å². The fraction of sp³-hybridized carbons (Fsp3) is 0.400. The van der Waals surface area contributed by atoms with Crippen molar-refractivity contribution in [2.24, 2.45) is 0 Å². The van der Waals surface area contributed by atoms with Gasteiger partial charge in [-0.25, -0.2) is 0 Å². The average Bonchev–Trinajstić information content (AvgIpc) is 2.45. The molecular weight excluding hydrogens is 328 g/mol. The van der Waals surface area contributed by atoms with Crippen LogP contribution in [-0.4, -0.2) is 33.9 Å². The molecule has 1 amide bonds. The van der Waals surface area contributed by atoms with Crippen LogP contribution >= 0.6 is 39.3 Å². The third-order valence-corrected chi connectivity index (χ3v) is 5.51. The van der Waals surface area contributed by atoms with Crippen molar-refractivity contribution < 1.29 is 4.79 Å². The summed E-state index contributed by atoms with van der Waals surface area (Å²) in [5.74, 6) is 1.28. The number of aromatic nitrogens is 1. The van der Waals surface area contributed by atoms with Gasteiger partial charge in [0.05, 0.1) is 9.50 Å². The van der Waals surface area contributed by atoms with Crippen LogP contribution in [0.25, 0.3) is 0 Å². The van der Waals surface area contributed by atoms with Crippen molar-refractivity contribution in [2.45, 2.75) is 5.66 Å². The first-order valence-corrected chi connectivity index (χ1v) is 7.29. The molecule has 7 heteroatoms. The second-order valence-electron chi connectivity index (χ2n) is 4.17. The van der Waals surface area contributed by atoms with Crippen molar-refractivity contribution >= 4 is 45.2 Å². The van der Waals surface area contributed by atoms with E-state index >= 15 is 0 Å². The molecule has 0 bridgehead atoms. The van der Waals surface area contributed by atoms with Gasteiger partial charge in [-0.2, -0.15) is 11.8 Å². The second kappa shape index (κ2) is 3.52. The molecule has 1 fully saturated rings. The summed E-state index contributed by atoms with van der Waals surface area (Å²) in [6.45, 7) is 0. The molecule has 0 N–H and O–H groups in total. The molecule has 1 saturated heterocycles. The number of nitrogens with zero attached hydrogens (tertiary/aromatic N) is 2. The van der Waals surface area contributed by atoms with Crippen LogP contribution in [-0.2, 0) is 5.66 Å². The molecule has 90 valence electrons. The van der Waals surface area contributed by atoms with Crippen molar-refractivity contribution in [3.05, 3.63) is 31.6 Å². The van der Waals surface area contributed by atoms with Gasteiger partial charge in [0.2, 0.25) is 0 Å². The van der Waals surface area contributed by atoms with Crippen LogP contribution < -0.4 is 5.56 Å². The van der Waals surface area contributed by atoms with Gasteiger partial charge in [-0.05, 0) is 22.0 Å². The van der Waals surface area contributed by atoms with Gasteiger partial charge in [0, 0.05) is 18.6 Å². The van der Waals surface area contributed by atoms with E-state index < -0.39 is 5.66 Å². The second-order valence-corrected chi connectivity index (χ2v) is 6.42. The number of carbonyl (C=O) groups excluding carboxylic acids is 1. The predicted molar refractivity (Wildman–Crippen MR) is 70.8 cm³/mol. The quantitative estimate of drug-likeness (QED) is 0.725. The molecule has 0 aliphatic carbocycles. The minimum atomic E-state index is -0.512. The minimum Gasteiger partial charge on any atom is -0.315 e. The van der Waals surface area contributed by atoms with Crippen LogP contribution in [0.5, 0.6) is 0 Å². The Morgan fingerprint density at radius 1 is 1.47 bits per heavy atom. The van der Waals surface area contributed by atoms with E-state index in [0.29, 0.717) is 15.2 Å². The summed E-state index contributed by atoms with van der Waals surface area (Å²) >= 11 is 11.0. The first kappa shape index (κ1) is 11.6. The van der Waals surface area contributed by atoms with Crippen molar-refractivity contribution in [2.75, 3.05) is 18.6 Å². The summed E-state index contributed by atoms with van der Waals surface area (Å²) in [5, 5.41) is 0.321. The number of halogens is 2. The van der Waals surface area contributed by atoms with Gasteiger partial charge < -0.3 is 4.90 Å². The Labute approximate surface area is 115 Å². The molecule has 1 spiro atoms. The highest BCUT2D eigenvalue weighted by atomic mass is 79.9. The maximum atomic E-state index is 12.2. The lowest BCUT2D eigenvalue weighted by molar-refractivity contribution is 0.0603. The fourth-order valence-electron chi connectivity index (χ4n) is 2.26. The first-order valence-electron chi connectivity index (χ1n) is 4.96. The molecule has 4 nitrogen and oxygen atoms in total. The highest BCUT2D eigenvalue weighted by Gasteiger charge is 2.54. The monoisotopic (exact) mass is 334 g/mol. The van der Waals surface area contributed by atoms with E-state index in [1.807, 2.05) is 0 Å². The lowest BCUT2D eigenvalue weighted by atomic mass is 10.2. The Morgan fingerprint density at radius 3 is 2.65 bits per heavy atom. The summed E-state index contributed by atoms with van der Waals surface area (Å²) in [6, 6.07) is 1.49. The Balaban J connectivity index is 2.40. The van der Waals surface area contributed by atoms with Gasteiger partial charge in [0.25, 0.3) is 11.5 Å². The van der Waals surface area contributed by atoms with E-state index in [1.54, 1.807) is 23.7 Å². The Morgan fingerprint density at radius 2 is 2.12 bits per heavy atom. The van der Waals surface area contributed by atoms with Crippen LogP contribution in [0.15, 0.2) is 15.3 Å². The fourth-order valence-corrected chi connectivity index (χ4v) is 4.28. The zero-order valence-corrected chi connectivity index (χ0v) is 12.0. The average molecular weight is 336 g/mol. The summed E-state index contributed by atoms with van der Waals surface area (Å²) in [4.78, 5) is 26.0. The lowest BCUT2D eigenvalue weighted by Gasteiger charge is -2.43. The molecule has 1 aromatic rings. The van der Waals surface area contributed by atoms with E-state index in [2.05, 4.69) is 15.9 Å². The van der Waals surface area contributed by atoms with Gasteiger partial charge in [-0.15, -0.1) is 0 Å². The highest BCUT2D eigenvalue weighted by molar-refractivity contribution is 9.10. The molecule has 2 aliphatic heterocycles. The van der Waals surface area contributed by atoms with Gasteiger partial charge in [-0.1, -0.05) is 11.6 Å². The van der Waals surface area contributed by atoms with E-state index in [0.717, 1.165) is 11.5 Å². The number of hydrogen-bond donors (Lipinski definition) is 0. The first-order chi connectivity index (χ1) is 7.99. The van der Waals surface area contributed by atoms with Gasteiger partial charge >= 0.3 is 0 Å². The summed E-state index contributed by atoms with van der Waals surface area (Å²) in [7, 11) is 1.72. The van der Waals surface area contributed by atoms with Crippen LogP contribution in [0, 0.1) is 0 Å². The van der Waals surface area contributed by atoms with Gasteiger partial charge in [0.1, 0.15) is 11.4 Å². The maximum Gasteiger partial charge on any atom is 0.273 e. The zero-order valence-electron chi connectivity index (χ0n) is 8.87. The topological polar surface area (TPSA) is 42.3 Å². The third-order valence-electron chi connectivity index (χ3n) is 3.32. The number of thioether (sulfide) groups is 1. The molecule has 1 aromatic heterocycles. The largest absolute Gasteiger partial charge is 0.315 e. The number of carbonyl (C=O) groups is 1. The Hall–Kier alpha value is -0.460. The van der Waals surface area contributed by atoms with Crippen LogP contribution in [0.4, 0.5) is 0 Å². The van der Waals surface area contributed by atoms with Crippen molar-refractivity contribution in [3.8, 4) is 0 Å². The number of amides is 1. The molecule has 0 saturated carbocycles. The van der Waals surface area contributed by atoms with E-state index in [4.69, 9.17) is 11.6 Å². The minimum absolute atomic E-state index is 0.181. The molecule has 0 radical (unpaired) electrons. The third kappa shape index (κ3) is 1.26. The highest BCUT2D eigenvalue weighted by Crippen LogP contribution is 2.44. The molecule has 3 rings (SSSR count). The molecule has 2 aliphatic rings.